The lowest BCUT2D eigenvalue weighted by atomic mass is 10.1. The van der Waals surface area contributed by atoms with E-state index in [1.54, 1.807) is 17.4 Å². The molecule has 2 aromatic rings. The highest BCUT2D eigenvalue weighted by Gasteiger charge is 2.07. The number of methoxy groups -OCH3 is 1. The second-order valence-electron chi connectivity index (χ2n) is 4.39. The van der Waals surface area contributed by atoms with Gasteiger partial charge in [0, 0.05) is 22.0 Å². The summed E-state index contributed by atoms with van der Waals surface area (Å²) in [5.74, 6) is -0.302. The third-order valence-electron chi connectivity index (χ3n) is 2.90. The quantitative estimate of drug-likeness (QED) is 0.863. The van der Waals surface area contributed by atoms with E-state index >= 15 is 0 Å². The Morgan fingerprint density at radius 3 is 2.63 bits per heavy atom. The van der Waals surface area contributed by atoms with Gasteiger partial charge in [-0.05, 0) is 49.7 Å². The lowest BCUT2D eigenvalue weighted by Gasteiger charge is -2.09. The van der Waals surface area contributed by atoms with Crippen LogP contribution in [0.5, 0.6) is 0 Å². The average Bonchev–Trinajstić information content (AvgIpc) is 2.82. The average molecular weight is 275 g/mol. The molecule has 0 aliphatic heterocycles. The number of anilines is 1. The maximum absolute atomic E-state index is 11.4. The smallest absolute Gasteiger partial charge is 0.337 e. The highest BCUT2D eigenvalue weighted by atomic mass is 32.1. The summed E-state index contributed by atoms with van der Waals surface area (Å²) in [6.07, 6.45) is 0. The van der Waals surface area contributed by atoms with Gasteiger partial charge in [0.1, 0.15) is 0 Å². The van der Waals surface area contributed by atoms with E-state index in [1.807, 2.05) is 19.1 Å². The molecule has 0 radical (unpaired) electrons. The number of nitrogens with one attached hydrogen (secondary N) is 1. The van der Waals surface area contributed by atoms with Gasteiger partial charge in [-0.2, -0.15) is 0 Å². The fraction of sp³-hybridized carbons (Fsp3) is 0.267. The van der Waals surface area contributed by atoms with Crippen LogP contribution in [0.1, 0.15) is 25.7 Å². The Bertz CT molecular complexity index is 590. The van der Waals surface area contributed by atoms with Crippen LogP contribution in [0.2, 0.25) is 0 Å². The van der Waals surface area contributed by atoms with Crippen molar-refractivity contribution in [3.8, 4) is 0 Å². The first-order valence-corrected chi connectivity index (χ1v) is 6.90. The zero-order valence-corrected chi connectivity index (χ0v) is 12.1. The van der Waals surface area contributed by atoms with Crippen molar-refractivity contribution in [2.45, 2.75) is 20.4 Å². The molecule has 19 heavy (non-hydrogen) atoms. The monoisotopic (exact) mass is 275 g/mol. The van der Waals surface area contributed by atoms with Gasteiger partial charge in [-0.3, -0.25) is 0 Å². The van der Waals surface area contributed by atoms with Crippen LogP contribution in [0, 0.1) is 13.8 Å². The van der Waals surface area contributed by atoms with Gasteiger partial charge in [0.25, 0.3) is 0 Å². The highest BCUT2D eigenvalue weighted by molar-refractivity contribution is 7.11. The van der Waals surface area contributed by atoms with Gasteiger partial charge in [-0.25, -0.2) is 4.79 Å². The van der Waals surface area contributed by atoms with Crippen molar-refractivity contribution in [2.24, 2.45) is 0 Å². The van der Waals surface area contributed by atoms with Crippen molar-refractivity contribution in [3.05, 3.63) is 51.2 Å². The molecule has 4 heteroatoms. The third-order valence-corrected chi connectivity index (χ3v) is 3.90. The lowest BCUT2D eigenvalue weighted by molar-refractivity contribution is 0.0600. The summed E-state index contributed by atoms with van der Waals surface area (Å²) < 4.78 is 4.71. The molecule has 0 fully saturated rings. The van der Waals surface area contributed by atoms with Crippen molar-refractivity contribution in [3.63, 3.8) is 0 Å². The van der Waals surface area contributed by atoms with Gasteiger partial charge in [0.15, 0.2) is 0 Å². The second kappa shape index (κ2) is 5.89. The topological polar surface area (TPSA) is 38.3 Å². The summed E-state index contributed by atoms with van der Waals surface area (Å²) in [7, 11) is 1.39. The van der Waals surface area contributed by atoms with E-state index in [0.717, 1.165) is 17.8 Å². The number of hydrogen-bond donors (Lipinski definition) is 1. The number of carbonyl (C=O) groups is 1. The van der Waals surface area contributed by atoms with Crippen LogP contribution in [0.4, 0.5) is 5.69 Å². The molecule has 0 aliphatic carbocycles. The van der Waals surface area contributed by atoms with E-state index in [2.05, 4.69) is 24.4 Å². The zero-order valence-electron chi connectivity index (χ0n) is 11.3. The first kappa shape index (κ1) is 13.6. The van der Waals surface area contributed by atoms with E-state index < -0.39 is 0 Å². The van der Waals surface area contributed by atoms with Gasteiger partial charge < -0.3 is 10.1 Å². The number of ether oxygens (including phenoxy) is 1. The number of aryl methyl sites for hydroxylation is 2. The van der Waals surface area contributed by atoms with Crippen LogP contribution < -0.4 is 5.32 Å². The molecular formula is C15H17NO2S. The normalized spacial score (nSPS) is 10.3. The van der Waals surface area contributed by atoms with Gasteiger partial charge in [0.2, 0.25) is 0 Å². The number of thiophene rings is 1. The van der Waals surface area contributed by atoms with Crippen molar-refractivity contribution in [1.82, 2.24) is 0 Å². The first-order valence-electron chi connectivity index (χ1n) is 6.08. The molecule has 0 aliphatic rings. The number of carbonyl (C=O) groups excluding carboxylic acids is 1. The summed E-state index contributed by atoms with van der Waals surface area (Å²) in [6.45, 7) is 4.88. The molecule has 0 amide bonds. The number of hydrogen-bond acceptors (Lipinski definition) is 4. The minimum absolute atomic E-state index is 0.302. The first-order chi connectivity index (χ1) is 9.10. The number of benzene rings is 1. The molecule has 100 valence electrons. The van der Waals surface area contributed by atoms with E-state index in [1.165, 1.54) is 16.9 Å². The van der Waals surface area contributed by atoms with Crippen molar-refractivity contribution < 1.29 is 9.53 Å². The molecule has 1 aromatic carbocycles. The van der Waals surface area contributed by atoms with Crippen molar-refractivity contribution in [1.29, 1.82) is 0 Å². The number of rotatable bonds is 4. The molecule has 1 N–H and O–H groups in total. The van der Waals surface area contributed by atoms with E-state index in [-0.39, 0.29) is 5.97 Å². The lowest BCUT2D eigenvalue weighted by Crippen LogP contribution is -2.04. The molecule has 0 atom stereocenters. The Kier molecular flexibility index (Phi) is 4.22. The molecule has 2 rings (SSSR count). The Balaban J connectivity index is 2.07. The summed E-state index contributed by atoms with van der Waals surface area (Å²) in [4.78, 5) is 14.0. The molecule has 1 aromatic heterocycles. The zero-order chi connectivity index (χ0) is 13.8. The number of esters is 1. The molecular weight excluding hydrogens is 258 g/mol. The van der Waals surface area contributed by atoms with Gasteiger partial charge in [-0.1, -0.05) is 0 Å². The van der Waals surface area contributed by atoms with E-state index in [4.69, 9.17) is 4.74 Å². The predicted molar refractivity (Wildman–Crippen MR) is 78.9 cm³/mol. The maximum Gasteiger partial charge on any atom is 0.337 e. The van der Waals surface area contributed by atoms with Crippen molar-refractivity contribution >= 4 is 23.0 Å². The van der Waals surface area contributed by atoms with Crippen LogP contribution in [0.3, 0.4) is 0 Å². The highest BCUT2D eigenvalue weighted by Crippen LogP contribution is 2.20. The van der Waals surface area contributed by atoms with Gasteiger partial charge in [-0.15, -0.1) is 11.3 Å². The minimum atomic E-state index is -0.302. The molecule has 0 saturated heterocycles. The second-order valence-corrected chi connectivity index (χ2v) is 5.76. The molecule has 0 saturated carbocycles. The standard InChI is InChI=1S/C15H17NO2S/c1-10-8-12(15(17)18-3)5-7-14(10)16-9-13-6-4-11(2)19-13/h4-8,16H,9H2,1-3H3. The van der Waals surface area contributed by atoms with Crippen LogP contribution in [0.25, 0.3) is 0 Å². The van der Waals surface area contributed by atoms with Crippen LogP contribution >= 0.6 is 11.3 Å². The molecule has 0 unspecified atom stereocenters. The summed E-state index contributed by atoms with van der Waals surface area (Å²) >= 11 is 1.79. The Morgan fingerprint density at radius 2 is 2.05 bits per heavy atom. The fourth-order valence-corrected chi connectivity index (χ4v) is 2.70. The Hall–Kier alpha value is -1.81. The largest absolute Gasteiger partial charge is 0.465 e. The molecule has 0 bridgehead atoms. The molecule has 3 nitrogen and oxygen atoms in total. The van der Waals surface area contributed by atoms with E-state index in [0.29, 0.717) is 5.56 Å². The Labute approximate surface area is 117 Å². The minimum Gasteiger partial charge on any atom is -0.465 e. The third kappa shape index (κ3) is 3.35. The summed E-state index contributed by atoms with van der Waals surface area (Å²) in [6, 6.07) is 9.79. The van der Waals surface area contributed by atoms with Crippen molar-refractivity contribution in [2.75, 3.05) is 12.4 Å². The maximum atomic E-state index is 11.4. The van der Waals surface area contributed by atoms with Crippen LogP contribution in [0.15, 0.2) is 30.3 Å². The summed E-state index contributed by atoms with van der Waals surface area (Å²) in [5, 5.41) is 3.39. The SMILES string of the molecule is COC(=O)c1ccc(NCc2ccc(C)s2)c(C)c1. The fourth-order valence-electron chi connectivity index (χ4n) is 1.87. The summed E-state index contributed by atoms with van der Waals surface area (Å²) in [5.41, 5.74) is 2.66. The van der Waals surface area contributed by atoms with Crippen LogP contribution in [-0.4, -0.2) is 13.1 Å². The molecule has 1 heterocycles. The van der Waals surface area contributed by atoms with E-state index in [9.17, 15) is 4.79 Å². The molecule has 0 spiro atoms. The van der Waals surface area contributed by atoms with Gasteiger partial charge >= 0.3 is 5.97 Å². The Morgan fingerprint density at radius 1 is 1.26 bits per heavy atom. The van der Waals surface area contributed by atoms with Gasteiger partial charge in [0.05, 0.1) is 12.7 Å². The predicted octanol–water partition coefficient (Wildman–Crippen LogP) is 3.76. The van der Waals surface area contributed by atoms with Crippen LogP contribution in [-0.2, 0) is 11.3 Å².